The Morgan fingerprint density at radius 2 is 1.58 bits per heavy atom. The number of piperazine rings is 1. The highest BCUT2D eigenvalue weighted by Crippen LogP contribution is 2.22. The zero-order valence-electron chi connectivity index (χ0n) is 9.95. The number of amides is 1. The SMILES string of the molecule is O=C(N1CCN(c2ccc(Br)cc2)CC1)C(F)(F)F. The van der Waals surface area contributed by atoms with Gasteiger partial charge in [-0.3, -0.25) is 4.79 Å². The van der Waals surface area contributed by atoms with E-state index in [1.54, 1.807) is 0 Å². The lowest BCUT2D eigenvalue weighted by Crippen LogP contribution is -2.52. The van der Waals surface area contributed by atoms with Crippen LogP contribution in [-0.4, -0.2) is 43.2 Å². The molecular formula is C12H12BrF3N2O. The van der Waals surface area contributed by atoms with Crippen LogP contribution in [0.25, 0.3) is 0 Å². The molecule has 3 nitrogen and oxygen atoms in total. The summed E-state index contributed by atoms with van der Waals surface area (Å²) in [4.78, 5) is 13.9. The van der Waals surface area contributed by atoms with Gasteiger partial charge < -0.3 is 9.80 Å². The number of anilines is 1. The van der Waals surface area contributed by atoms with Crippen molar-refractivity contribution in [2.75, 3.05) is 31.1 Å². The van der Waals surface area contributed by atoms with E-state index in [0.717, 1.165) is 15.1 Å². The molecule has 0 aromatic heterocycles. The van der Waals surface area contributed by atoms with Crippen molar-refractivity contribution >= 4 is 27.5 Å². The van der Waals surface area contributed by atoms with Crippen molar-refractivity contribution in [2.24, 2.45) is 0 Å². The number of benzene rings is 1. The first-order chi connectivity index (χ1) is 8.88. The molecule has 0 atom stereocenters. The molecule has 0 radical (unpaired) electrons. The molecule has 1 aliphatic heterocycles. The van der Waals surface area contributed by atoms with Crippen LogP contribution in [0, 0.1) is 0 Å². The van der Waals surface area contributed by atoms with Crippen LogP contribution in [0.5, 0.6) is 0 Å². The maximum Gasteiger partial charge on any atom is 0.471 e. The van der Waals surface area contributed by atoms with Gasteiger partial charge in [0.1, 0.15) is 0 Å². The first kappa shape index (κ1) is 14.2. The molecule has 0 spiro atoms. The lowest BCUT2D eigenvalue weighted by atomic mass is 10.2. The summed E-state index contributed by atoms with van der Waals surface area (Å²) in [5, 5.41) is 0. The number of rotatable bonds is 1. The molecule has 2 rings (SSSR count). The Bertz CT molecular complexity index is 453. The van der Waals surface area contributed by atoms with E-state index >= 15 is 0 Å². The first-order valence-corrected chi connectivity index (χ1v) is 6.54. The highest BCUT2D eigenvalue weighted by atomic mass is 79.9. The molecule has 1 heterocycles. The third kappa shape index (κ3) is 3.40. The average Bonchev–Trinajstić information content (AvgIpc) is 2.38. The molecule has 104 valence electrons. The van der Waals surface area contributed by atoms with Crippen LogP contribution >= 0.6 is 15.9 Å². The van der Waals surface area contributed by atoms with Gasteiger partial charge in [-0.2, -0.15) is 13.2 Å². The van der Waals surface area contributed by atoms with Crippen LogP contribution in [0.4, 0.5) is 18.9 Å². The standard InChI is InChI=1S/C12H12BrF3N2O/c13-9-1-3-10(4-2-9)17-5-7-18(8-6-17)11(19)12(14,15)16/h1-4H,5-8H2. The molecule has 1 fully saturated rings. The Labute approximate surface area is 117 Å². The van der Waals surface area contributed by atoms with Crippen molar-refractivity contribution < 1.29 is 18.0 Å². The largest absolute Gasteiger partial charge is 0.471 e. The van der Waals surface area contributed by atoms with Gasteiger partial charge in [0.25, 0.3) is 0 Å². The molecule has 1 saturated heterocycles. The Hall–Kier alpha value is -1.24. The fourth-order valence-corrected chi connectivity index (χ4v) is 2.26. The number of halogens is 4. The third-order valence-corrected chi connectivity index (χ3v) is 3.53. The number of alkyl halides is 3. The van der Waals surface area contributed by atoms with E-state index < -0.39 is 12.1 Å². The van der Waals surface area contributed by atoms with Gasteiger partial charge in [-0.15, -0.1) is 0 Å². The number of nitrogens with zero attached hydrogens (tertiary/aromatic N) is 2. The zero-order valence-corrected chi connectivity index (χ0v) is 11.5. The summed E-state index contributed by atoms with van der Waals surface area (Å²) < 4.78 is 37.8. The molecule has 1 aliphatic rings. The molecule has 7 heteroatoms. The fourth-order valence-electron chi connectivity index (χ4n) is 2.00. The van der Waals surface area contributed by atoms with Crippen LogP contribution in [0.2, 0.25) is 0 Å². The normalized spacial score (nSPS) is 16.6. The summed E-state index contributed by atoms with van der Waals surface area (Å²) in [5.74, 6) is -1.75. The van der Waals surface area contributed by atoms with Gasteiger partial charge in [-0.25, -0.2) is 0 Å². The second-order valence-corrected chi connectivity index (χ2v) is 5.17. The highest BCUT2D eigenvalue weighted by Gasteiger charge is 2.43. The van der Waals surface area contributed by atoms with Crippen molar-refractivity contribution in [2.45, 2.75) is 6.18 Å². The molecular weight excluding hydrogens is 325 g/mol. The Kier molecular flexibility index (Phi) is 4.03. The van der Waals surface area contributed by atoms with Crippen molar-refractivity contribution in [3.8, 4) is 0 Å². The fraction of sp³-hybridized carbons (Fsp3) is 0.417. The van der Waals surface area contributed by atoms with Crippen LogP contribution in [-0.2, 0) is 4.79 Å². The molecule has 0 N–H and O–H groups in total. The summed E-state index contributed by atoms with van der Waals surface area (Å²) in [6, 6.07) is 7.54. The monoisotopic (exact) mass is 336 g/mol. The molecule has 0 aliphatic carbocycles. The highest BCUT2D eigenvalue weighted by molar-refractivity contribution is 9.10. The summed E-state index contributed by atoms with van der Waals surface area (Å²) in [5.41, 5.74) is 0.947. The van der Waals surface area contributed by atoms with Crippen molar-refractivity contribution in [1.29, 1.82) is 0 Å². The van der Waals surface area contributed by atoms with E-state index in [0.29, 0.717) is 13.1 Å². The summed E-state index contributed by atoms with van der Waals surface area (Å²) in [6.07, 6.45) is -4.78. The van der Waals surface area contributed by atoms with E-state index in [1.807, 2.05) is 29.2 Å². The summed E-state index contributed by atoms with van der Waals surface area (Å²) in [6.45, 7) is 0.996. The number of carbonyl (C=O) groups excluding carboxylic acids is 1. The van der Waals surface area contributed by atoms with Gasteiger partial charge in [-0.05, 0) is 24.3 Å². The van der Waals surface area contributed by atoms with Crippen molar-refractivity contribution in [3.63, 3.8) is 0 Å². The van der Waals surface area contributed by atoms with Crippen molar-refractivity contribution in [1.82, 2.24) is 4.90 Å². The molecule has 1 amide bonds. The van der Waals surface area contributed by atoms with Crippen molar-refractivity contribution in [3.05, 3.63) is 28.7 Å². The molecule has 0 unspecified atom stereocenters. The predicted octanol–water partition coefficient (Wildman–Crippen LogP) is 2.66. The van der Waals surface area contributed by atoms with E-state index in [-0.39, 0.29) is 13.1 Å². The van der Waals surface area contributed by atoms with Gasteiger partial charge in [-0.1, -0.05) is 15.9 Å². The Balaban J connectivity index is 1.96. The maximum absolute atomic E-state index is 12.3. The summed E-state index contributed by atoms with van der Waals surface area (Å²) >= 11 is 3.32. The number of hydrogen-bond donors (Lipinski definition) is 0. The van der Waals surface area contributed by atoms with Gasteiger partial charge in [0.05, 0.1) is 0 Å². The van der Waals surface area contributed by atoms with Gasteiger partial charge in [0.2, 0.25) is 0 Å². The van der Waals surface area contributed by atoms with Gasteiger partial charge in [0, 0.05) is 36.3 Å². The molecule has 0 saturated carbocycles. The quantitative estimate of drug-likeness (QED) is 0.787. The number of hydrogen-bond acceptors (Lipinski definition) is 2. The minimum atomic E-state index is -4.78. The smallest absolute Gasteiger partial charge is 0.368 e. The van der Waals surface area contributed by atoms with E-state index in [9.17, 15) is 18.0 Å². The molecule has 1 aromatic rings. The second kappa shape index (κ2) is 5.40. The minimum Gasteiger partial charge on any atom is -0.368 e. The average molecular weight is 337 g/mol. The number of carbonyl (C=O) groups is 1. The molecule has 0 bridgehead atoms. The Morgan fingerprint density at radius 1 is 1.05 bits per heavy atom. The molecule has 19 heavy (non-hydrogen) atoms. The minimum absolute atomic E-state index is 0.0917. The van der Waals surface area contributed by atoms with E-state index in [4.69, 9.17) is 0 Å². The van der Waals surface area contributed by atoms with Crippen LogP contribution in [0.3, 0.4) is 0 Å². The maximum atomic E-state index is 12.3. The van der Waals surface area contributed by atoms with Crippen LogP contribution in [0.15, 0.2) is 28.7 Å². The van der Waals surface area contributed by atoms with E-state index in [1.165, 1.54) is 0 Å². The second-order valence-electron chi connectivity index (χ2n) is 4.25. The third-order valence-electron chi connectivity index (χ3n) is 3.00. The topological polar surface area (TPSA) is 23.6 Å². The van der Waals surface area contributed by atoms with Gasteiger partial charge in [0.15, 0.2) is 0 Å². The van der Waals surface area contributed by atoms with Crippen LogP contribution < -0.4 is 4.90 Å². The first-order valence-electron chi connectivity index (χ1n) is 5.74. The lowest BCUT2D eigenvalue weighted by Gasteiger charge is -2.36. The Morgan fingerprint density at radius 3 is 2.05 bits per heavy atom. The summed E-state index contributed by atoms with van der Waals surface area (Å²) in [7, 11) is 0. The van der Waals surface area contributed by atoms with Gasteiger partial charge >= 0.3 is 12.1 Å². The van der Waals surface area contributed by atoms with Crippen LogP contribution in [0.1, 0.15) is 0 Å². The lowest BCUT2D eigenvalue weighted by molar-refractivity contribution is -0.185. The zero-order chi connectivity index (χ0) is 14.0. The molecule has 1 aromatic carbocycles. The van der Waals surface area contributed by atoms with E-state index in [2.05, 4.69) is 15.9 Å². The predicted molar refractivity (Wildman–Crippen MR) is 69.0 cm³/mol.